The second-order valence-electron chi connectivity index (χ2n) is 3.91. The molecular weight excluding hydrogens is 304 g/mol. The fraction of sp³-hybridized carbons (Fsp3) is 0.250. The monoisotopic (exact) mass is 314 g/mol. The van der Waals surface area contributed by atoms with Gasteiger partial charge in [-0.15, -0.1) is 0 Å². The highest BCUT2D eigenvalue weighted by atomic mass is 79.9. The lowest BCUT2D eigenvalue weighted by Gasteiger charge is -2.05. The van der Waals surface area contributed by atoms with Gasteiger partial charge in [0.2, 0.25) is 5.91 Å². The maximum absolute atomic E-state index is 11.4. The van der Waals surface area contributed by atoms with Gasteiger partial charge in [-0.1, -0.05) is 27.5 Å². The fourth-order valence-electron chi connectivity index (χ4n) is 1.29. The number of nitrogens with one attached hydrogen (secondary N) is 2. The van der Waals surface area contributed by atoms with Crippen LogP contribution in [0.3, 0.4) is 0 Å². The minimum absolute atomic E-state index is 0.151. The van der Waals surface area contributed by atoms with Gasteiger partial charge >= 0.3 is 0 Å². The molecule has 0 aliphatic heterocycles. The molecule has 1 aromatic carbocycles. The Bertz CT molecular complexity index is 440. The molecule has 0 unspecified atom stereocenters. The van der Waals surface area contributed by atoms with E-state index in [0.29, 0.717) is 11.2 Å². The van der Waals surface area contributed by atoms with E-state index in [1.807, 2.05) is 24.3 Å². The molecule has 90 valence electrons. The number of rotatable bonds is 4. The average molecular weight is 316 g/mol. The molecule has 1 aliphatic carbocycles. The summed E-state index contributed by atoms with van der Waals surface area (Å²) in [4.78, 5) is 11.4. The van der Waals surface area contributed by atoms with Gasteiger partial charge in [-0.25, -0.2) is 0 Å². The van der Waals surface area contributed by atoms with E-state index in [0.717, 1.165) is 23.0 Å². The molecule has 0 saturated heterocycles. The molecule has 0 bridgehead atoms. The molecule has 0 radical (unpaired) electrons. The number of carbonyl (C=O) groups is 1. The van der Waals surface area contributed by atoms with Crippen LogP contribution in [0.5, 0.6) is 0 Å². The molecule has 5 heteroatoms. The zero-order valence-electron chi connectivity index (χ0n) is 9.04. The van der Waals surface area contributed by atoms with Gasteiger partial charge in [0.05, 0.1) is 0 Å². The van der Waals surface area contributed by atoms with Crippen molar-refractivity contribution in [2.24, 2.45) is 0 Å². The Balaban J connectivity index is 1.90. The van der Waals surface area contributed by atoms with Crippen LogP contribution in [-0.4, -0.2) is 11.9 Å². The van der Waals surface area contributed by atoms with Crippen LogP contribution in [0.2, 0.25) is 0 Å². The summed E-state index contributed by atoms with van der Waals surface area (Å²) in [5.74, 6) is -0.151. The van der Waals surface area contributed by atoms with E-state index >= 15 is 0 Å². The quantitative estimate of drug-likeness (QED) is 0.661. The van der Waals surface area contributed by atoms with Crippen molar-refractivity contribution in [3.63, 3.8) is 0 Å². The van der Waals surface area contributed by atoms with Crippen molar-refractivity contribution < 1.29 is 4.79 Å². The summed E-state index contributed by atoms with van der Waals surface area (Å²) in [7, 11) is 0. The van der Waals surface area contributed by atoms with Gasteiger partial charge in [0.15, 0.2) is 0 Å². The minimum Gasteiger partial charge on any atom is -0.350 e. The summed E-state index contributed by atoms with van der Waals surface area (Å²) in [6, 6.07) is 7.89. The van der Waals surface area contributed by atoms with Gasteiger partial charge in [-0.05, 0) is 37.1 Å². The third kappa shape index (κ3) is 4.40. The molecule has 0 aromatic heterocycles. The van der Waals surface area contributed by atoms with Crippen molar-refractivity contribution in [2.45, 2.75) is 18.9 Å². The second kappa shape index (κ2) is 5.56. The lowest BCUT2D eigenvalue weighted by atomic mass is 10.3. The Hall–Kier alpha value is -1.00. The molecule has 1 amide bonds. The first-order valence-electron chi connectivity index (χ1n) is 5.34. The smallest absolute Gasteiger partial charge is 0.247 e. The summed E-state index contributed by atoms with van der Waals surface area (Å²) in [5.41, 5.74) is 0.841. The van der Waals surface area contributed by atoms with Crippen LogP contribution >= 0.6 is 27.5 Å². The zero-order chi connectivity index (χ0) is 12.3. The third-order valence-corrected chi connectivity index (χ3v) is 3.02. The first-order chi connectivity index (χ1) is 8.13. The molecule has 0 heterocycles. The summed E-state index contributed by atoms with van der Waals surface area (Å²) >= 11 is 9.28. The molecule has 2 N–H and O–H groups in total. The van der Waals surface area contributed by atoms with Crippen molar-refractivity contribution in [1.82, 2.24) is 5.32 Å². The number of carbonyl (C=O) groups excluding carboxylic acids is 1. The van der Waals surface area contributed by atoms with Crippen molar-refractivity contribution in [3.05, 3.63) is 40.0 Å². The molecule has 17 heavy (non-hydrogen) atoms. The topological polar surface area (TPSA) is 41.1 Å². The second-order valence-corrected chi connectivity index (χ2v) is 5.23. The molecule has 0 atom stereocenters. The molecule has 3 nitrogen and oxygen atoms in total. The molecule has 2 rings (SSSR count). The van der Waals surface area contributed by atoms with E-state index in [2.05, 4.69) is 26.6 Å². The number of anilines is 1. The van der Waals surface area contributed by atoms with E-state index in [9.17, 15) is 4.79 Å². The highest BCUT2D eigenvalue weighted by Crippen LogP contribution is 2.19. The van der Waals surface area contributed by atoms with Gasteiger partial charge in [0, 0.05) is 22.3 Å². The Kier molecular flexibility index (Phi) is 4.07. The predicted molar refractivity (Wildman–Crippen MR) is 72.9 cm³/mol. The summed E-state index contributed by atoms with van der Waals surface area (Å²) < 4.78 is 0.995. The van der Waals surface area contributed by atoms with Crippen LogP contribution in [0.1, 0.15) is 12.8 Å². The summed E-state index contributed by atoms with van der Waals surface area (Å²) in [6.07, 6.45) is 3.50. The Morgan fingerprint density at radius 1 is 1.35 bits per heavy atom. The summed E-state index contributed by atoms with van der Waals surface area (Å²) in [5, 5.41) is 6.08. The number of hydrogen-bond donors (Lipinski definition) is 2. The maximum Gasteiger partial charge on any atom is 0.247 e. The van der Waals surface area contributed by atoms with E-state index in [-0.39, 0.29) is 5.91 Å². The van der Waals surface area contributed by atoms with Crippen LogP contribution in [-0.2, 0) is 4.79 Å². The third-order valence-electron chi connectivity index (χ3n) is 2.29. The maximum atomic E-state index is 11.4. The average Bonchev–Trinajstić information content (AvgIpc) is 3.05. The van der Waals surface area contributed by atoms with Gasteiger partial charge in [0.25, 0.3) is 0 Å². The van der Waals surface area contributed by atoms with Gasteiger partial charge < -0.3 is 10.6 Å². The SMILES string of the molecule is O=C(/C=C(/Cl)Nc1ccc(Br)cc1)NC1CC1. The zero-order valence-corrected chi connectivity index (χ0v) is 11.4. The molecular formula is C12H12BrClN2O. The lowest BCUT2D eigenvalue weighted by molar-refractivity contribution is -0.116. The Morgan fingerprint density at radius 3 is 2.59 bits per heavy atom. The van der Waals surface area contributed by atoms with Crippen LogP contribution in [0.25, 0.3) is 0 Å². The fourth-order valence-corrected chi connectivity index (χ4v) is 1.77. The Labute approximate surface area is 113 Å². The lowest BCUT2D eigenvalue weighted by Crippen LogP contribution is -2.23. The first-order valence-corrected chi connectivity index (χ1v) is 6.51. The molecule has 1 saturated carbocycles. The predicted octanol–water partition coefficient (Wildman–Crippen LogP) is 3.22. The van der Waals surface area contributed by atoms with E-state index in [1.165, 1.54) is 6.08 Å². The summed E-state index contributed by atoms with van der Waals surface area (Å²) in [6.45, 7) is 0. The van der Waals surface area contributed by atoms with E-state index in [1.54, 1.807) is 0 Å². The molecule has 1 aromatic rings. The van der Waals surface area contributed by atoms with E-state index < -0.39 is 0 Å². The molecule has 0 spiro atoms. The van der Waals surface area contributed by atoms with Gasteiger partial charge in [0.1, 0.15) is 5.16 Å². The molecule has 1 aliphatic rings. The standard InChI is InChI=1S/C12H12BrClN2O/c13-8-1-3-9(4-2-8)15-11(14)7-12(17)16-10-5-6-10/h1-4,7,10,15H,5-6H2,(H,16,17)/b11-7-. The molecule has 1 fully saturated rings. The number of amides is 1. The highest BCUT2D eigenvalue weighted by Gasteiger charge is 2.22. The highest BCUT2D eigenvalue weighted by molar-refractivity contribution is 9.10. The minimum atomic E-state index is -0.151. The number of benzene rings is 1. The Morgan fingerprint density at radius 2 is 2.00 bits per heavy atom. The van der Waals surface area contributed by atoms with Crippen LogP contribution in [0.15, 0.2) is 40.0 Å². The van der Waals surface area contributed by atoms with Crippen LogP contribution < -0.4 is 10.6 Å². The number of hydrogen-bond acceptors (Lipinski definition) is 2. The van der Waals surface area contributed by atoms with Crippen molar-refractivity contribution in [2.75, 3.05) is 5.32 Å². The van der Waals surface area contributed by atoms with E-state index in [4.69, 9.17) is 11.6 Å². The van der Waals surface area contributed by atoms with Crippen molar-refractivity contribution in [1.29, 1.82) is 0 Å². The normalized spacial score (nSPS) is 15.5. The first kappa shape index (κ1) is 12.5. The largest absolute Gasteiger partial charge is 0.350 e. The van der Waals surface area contributed by atoms with Crippen molar-refractivity contribution >= 4 is 39.1 Å². The van der Waals surface area contributed by atoms with Crippen LogP contribution in [0.4, 0.5) is 5.69 Å². The van der Waals surface area contributed by atoms with Gasteiger partial charge in [-0.2, -0.15) is 0 Å². The van der Waals surface area contributed by atoms with Crippen LogP contribution in [0, 0.1) is 0 Å². The number of halogens is 2. The van der Waals surface area contributed by atoms with Crippen molar-refractivity contribution in [3.8, 4) is 0 Å². The van der Waals surface area contributed by atoms with Gasteiger partial charge in [-0.3, -0.25) is 4.79 Å².